The molecule has 0 radical (unpaired) electrons. The molecule has 0 aliphatic carbocycles. The number of carbonyl (C=O) groups is 1. The molecule has 2 unspecified atom stereocenters. The number of aliphatic hydroxyl groups is 2. The summed E-state index contributed by atoms with van der Waals surface area (Å²) in [5, 5.41) is 23.0. The van der Waals surface area contributed by atoms with E-state index in [4.69, 9.17) is 0 Å². The predicted molar refractivity (Wildman–Crippen MR) is 258 cm³/mol. The second-order valence-corrected chi connectivity index (χ2v) is 17.6. The normalized spacial score (nSPS) is 13.2. The quantitative estimate of drug-likeness (QED) is 0.0423. The standard InChI is InChI=1S/C54H101NO3/c1-3-5-7-9-11-13-15-17-18-19-20-21-22-23-24-25-26-27-28-29-30-31-32-33-34-35-36-38-40-42-44-46-48-50-54(58)55-52(51-56)53(57)49-47-45-43-41-39-37-16-14-12-10-8-6-4-2/h12,14,23-24,39,41,47,49,52-53,56-57H,3-11,13,15-22,25-38,40,42-46,48,50-51H2,1-2H3,(H,55,58)/b14-12+,24-23-,41-39+,49-47+. The fourth-order valence-corrected chi connectivity index (χ4v) is 7.79. The van der Waals surface area contributed by atoms with Crippen LogP contribution >= 0.6 is 0 Å². The first-order valence-corrected chi connectivity index (χ1v) is 25.9. The first kappa shape index (κ1) is 56.4. The van der Waals surface area contributed by atoms with Gasteiger partial charge in [-0.1, -0.05) is 242 Å². The molecule has 0 fully saturated rings. The fraction of sp³-hybridized carbons (Fsp3) is 0.833. The number of unbranched alkanes of at least 4 members (excludes halogenated alkanes) is 34. The van der Waals surface area contributed by atoms with Crippen molar-refractivity contribution in [2.75, 3.05) is 6.61 Å². The van der Waals surface area contributed by atoms with Crippen molar-refractivity contribution < 1.29 is 15.0 Å². The Morgan fingerprint density at radius 2 is 0.672 bits per heavy atom. The zero-order valence-electron chi connectivity index (χ0n) is 39.1. The Kier molecular flexibility index (Phi) is 48.3. The van der Waals surface area contributed by atoms with Gasteiger partial charge < -0.3 is 15.5 Å². The maximum Gasteiger partial charge on any atom is 0.220 e. The Morgan fingerprint density at radius 1 is 0.397 bits per heavy atom. The van der Waals surface area contributed by atoms with Crippen LogP contribution < -0.4 is 5.32 Å². The summed E-state index contributed by atoms with van der Waals surface area (Å²) in [5.74, 6) is -0.0766. The summed E-state index contributed by atoms with van der Waals surface area (Å²) in [6, 6.07) is -0.644. The summed E-state index contributed by atoms with van der Waals surface area (Å²) in [4.78, 5) is 12.4. The molecule has 0 aromatic carbocycles. The lowest BCUT2D eigenvalue weighted by molar-refractivity contribution is -0.123. The molecule has 0 bridgehead atoms. The summed E-state index contributed by atoms with van der Waals surface area (Å²) in [5.41, 5.74) is 0. The van der Waals surface area contributed by atoms with Gasteiger partial charge in [0.2, 0.25) is 5.91 Å². The Morgan fingerprint density at radius 3 is 1.03 bits per heavy atom. The van der Waals surface area contributed by atoms with Crippen molar-refractivity contribution in [3.05, 3.63) is 48.6 Å². The van der Waals surface area contributed by atoms with E-state index in [9.17, 15) is 15.0 Å². The average Bonchev–Trinajstić information content (AvgIpc) is 3.23. The molecule has 4 nitrogen and oxygen atoms in total. The van der Waals surface area contributed by atoms with Gasteiger partial charge in [-0.2, -0.15) is 0 Å². The van der Waals surface area contributed by atoms with Crippen LogP contribution in [0.4, 0.5) is 0 Å². The van der Waals surface area contributed by atoms with Gasteiger partial charge in [0.15, 0.2) is 0 Å². The van der Waals surface area contributed by atoms with Gasteiger partial charge in [-0.3, -0.25) is 4.79 Å². The van der Waals surface area contributed by atoms with Gasteiger partial charge in [0.1, 0.15) is 0 Å². The third-order valence-corrected chi connectivity index (χ3v) is 11.8. The maximum absolute atomic E-state index is 12.4. The highest BCUT2D eigenvalue weighted by molar-refractivity contribution is 5.76. The van der Waals surface area contributed by atoms with Crippen molar-refractivity contribution in [1.82, 2.24) is 5.32 Å². The van der Waals surface area contributed by atoms with Gasteiger partial charge >= 0.3 is 0 Å². The molecule has 0 heterocycles. The SMILES string of the molecule is CCCCC/C=C/CC/C=C/CC/C=C/C(O)C(CO)NC(=O)CCCCCCCCCCCCCCCCCCC/C=C\CCCCCCCCCCCCCC. The van der Waals surface area contributed by atoms with E-state index in [2.05, 4.69) is 55.6 Å². The fourth-order valence-electron chi connectivity index (χ4n) is 7.79. The van der Waals surface area contributed by atoms with Crippen LogP contribution in [0.1, 0.15) is 271 Å². The highest BCUT2D eigenvalue weighted by Crippen LogP contribution is 2.16. The predicted octanol–water partition coefficient (Wildman–Crippen LogP) is 16.7. The first-order chi connectivity index (χ1) is 28.7. The summed E-state index contributed by atoms with van der Waals surface area (Å²) < 4.78 is 0. The van der Waals surface area contributed by atoms with Crippen LogP contribution in [0.15, 0.2) is 48.6 Å². The maximum atomic E-state index is 12.4. The van der Waals surface area contributed by atoms with Crippen LogP contribution in [0.3, 0.4) is 0 Å². The number of hydrogen-bond donors (Lipinski definition) is 3. The second kappa shape index (κ2) is 49.7. The molecule has 3 N–H and O–H groups in total. The highest BCUT2D eigenvalue weighted by atomic mass is 16.3. The van der Waals surface area contributed by atoms with Gasteiger partial charge in [-0.05, 0) is 70.6 Å². The molecular formula is C54H101NO3. The lowest BCUT2D eigenvalue weighted by atomic mass is 10.0. The zero-order chi connectivity index (χ0) is 42.1. The van der Waals surface area contributed by atoms with Crippen LogP contribution in [0.25, 0.3) is 0 Å². The summed E-state index contributed by atoms with van der Waals surface area (Å²) in [6.07, 6.45) is 68.4. The average molecular weight is 812 g/mol. The third-order valence-electron chi connectivity index (χ3n) is 11.8. The molecule has 58 heavy (non-hydrogen) atoms. The molecule has 2 atom stereocenters. The Hall–Kier alpha value is -1.65. The van der Waals surface area contributed by atoms with E-state index < -0.39 is 12.1 Å². The van der Waals surface area contributed by atoms with Crippen LogP contribution in [0.2, 0.25) is 0 Å². The van der Waals surface area contributed by atoms with E-state index >= 15 is 0 Å². The molecule has 0 aliphatic rings. The summed E-state index contributed by atoms with van der Waals surface area (Å²) in [7, 11) is 0. The van der Waals surface area contributed by atoms with Gasteiger partial charge in [-0.25, -0.2) is 0 Å². The number of aliphatic hydroxyl groups excluding tert-OH is 2. The second-order valence-electron chi connectivity index (χ2n) is 17.6. The van der Waals surface area contributed by atoms with E-state index in [0.717, 1.165) is 38.5 Å². The van der Waals surface area contributed by atoms with E-state index in [1.165, 1.54) is 212 Å². The molecule has 340 valence electrons. The Balaban J connectivity index is 3.45. The van der Waals surface area contributed by atoms with E-state index in [1.54, 1.807) is 6.08 Å². The van der Waals surface area contributed by atoms with E-state index in [-0.39, 0.29) is 12.5 Å². The molecule has 0 saturated heterocycles. The van der Waals surface area contributed by atoms with Crippen LogP contribution in [0.5, 0.6) is 0 Å². The number of allylic oxidation sites excluding steroid dienone is 7. The van der Waals surface area contributed by atoms with Crippen molar-refractivity contribution >= 4 is 5.91 Å². The number of rotatable bonds is 47. The molecule has 0 aliphatic heterocycles. The lowest BCUT2D eigenvalue weighted by Crippen LogP contribution is -2.45. The minimum Gasteiger partial charge on any atom is -0.394 e. The van der Waals surface area contributed by atoms with Crippen molar-refractivity contribution in [3.63, 3.8) is 0 Å². The van der Waals surface area contributed by atoms with Gasteiger partial charge in [0.05, 0.1) is 18.8 Å². The van der Waals surface area contributed by atoms with E-state index in [0.29, 0.717) is 6.42 Å². The molecular weight excluding hydrogens is 711 g/mol. The lowest BCUT2D eigenvalue weighted by Gasteiger charge is -2.19. The summed E-state index contributed by atoms with van der Waals surface area (Å²) in [6.45, 7) is 4.27. The number of hydrogen-bond acceptors (Lipinski definition) is 3. The first-order valence-electron chi connectivity index (χ1n) is 25.9. The minimum absolute atomic E-state index is 0.0766. The van der Waals surface area contributed by atoms with E-state index in [1.807, 2.05) is 6.08 Å². The van der Waals surface area contributed by atoms with Crippen LogP contribution in [0, 0.1) is 0 Å². The molecule has 0 aromatic heterocycles. The van der Waals surface area contributed by atoms with Gasteiger partial charge in [0, 0.05) is 6.42 Å². The Labute approximate surface area is 363 Å². The molecule has 0 saturated carbocycles. The summed E-state index contributed by atoms with van der Waals surface area (Å²) >= 11 is 0. The molecule has 0 spiro atoms. The highest BCUT2D eigenvalue weighted by Gasteiger charge is 2.17. The molecule has 4 heteroatoms. The Bertz CT molecular complexity index is 923. The van der Waals surface area contributed by atoms with Crippen molar-refractivity contribution in [1.29, 1.82) is 0 Å². The number of carbonyl (C=O) groups excluding carboxylic acids is 1. The van der Waals surface area contributed by atoms with Crippen molar-refractivity contribution in [2.24, 2.45) is 0 Å². The molecule has 0 rings (SSSR count). The smallest absolute Gasteiger partial charge is 0.220 e. The van der Waals surface area contributed by atoms with Crippen molar-refractivity contribution in [2.45, 2.75) is 283 Å². The zero-order valence-corrected chi connectivity index (χ0v) is 39.1. The molecule has 0 aromatic rings. The monoisotopic (exact) mass is 812 g/mol. The van der Waals surface area contributed by atoms with Crippen LogP contribution in [-0.2, 0) is 4.79 Å². The third kappa shape index (κ3) is 45.4. The van der Waals surface area contributed by atoms with Gasteiger partial charge in [-0.15, -0.1) is 0 Å². The molecule has 1 amide bonds. The topological polar surface area (TPSA) is 69.6 Å². The van der Waals surface area contributed by atoms with Crippen molar-refractivity contribution in [3.8, 4) is 0 Å². The largest absolute Gasteiger partial charge is 0.394 e. The number of amides is 1. The number of nitrogens with one attached hydrogen (secondary N) is 1. The van der Waals surface area contributed by atoms with Crippen LogP contribution in [-0.4, -0.2) is 34.9 Å². The minimum atomic E-state index is -0.868. The van der Waals surface area contributed by atoms with Gasteiger partial charge in [0.25, 0.3) is 0 Å².